The lowest BCUT2D eigenvalue weighted by Crippen LogP contribution is -2.46. The zero-order chi connectivity index (χ0) is 12.1. The molecule has 1 N–H and O–H groups in total. The molecule has 3 nitrogen and oxygen atoms in total. The number of ether oxygens (including phenoxy) is 1. The summed E-state index contributed by atoms with van der Waals surface area (Å²) in [4.78, 5) is 2.63. The van der Waals surface area contributed by atoms with Crippen molar-refractivity contribution in [2.24, 2.45) is 11.8 Å². The topological polar surface area (TPSA) is 24.5 Å². The molecule has 0 aromatic rings. The van der Waals surface area contributed by atoms with Gasteiger partial charge in [-0.3, -0.25) is 0 Å². The summed E-state index contributed by atoms with van der Waals surface area (Å²) in [6.07, 6.45) is 4.14. The first-order chi connectivity index (χ1) is 8.33. The molecule has 1 aliphatic carbocycles. The smallest absolute Gasteiger partial charge is 0.0510 e. The van der Waals surface area contributed by atoms with Crippen molar-refractivity contribution in [2.75, 3.05) is 39.4 Å². The number of hydrogen-bond acceptors (Lipinski definition) is 3. The quantitative estimate of drug-likeness (QED) is 0.699. The van der Waals surface area contributed by atoms with Crippen LogP contribution in [-0.4, -0.2) is 50.3 Å². The van der Waals surface area contributed by atoms with Crippen molar-refractivity contribution in [3.05, 3.63) is 0 Å². The molecule has 0 amide bonds. The van der Waals surface area contributed by atoms with Gasteiger partial charge in [0.25, 0.3) is 0 Å². The van der Waals surface area contributed by atoms with Gasteiger partial charge < -0.3 is 15.0 Å². The van der Waals surface area contributed by atoms with Crippen LogP contribution in [0, 0.1) is 11.8 Å². The van der Waals surface area contributed by atoms with Crippen LogP contribution in [0.3, 0.4) is 0 Å². The first-order valence-corrected chi connectivity index (χ1v) is 7.37. The predicted octanol–water partition coefficient (Wildman–Crippen LogP) is 1.73. The monoisotopic (exact) mass is 240 g/mol. The number of likely N-dealkylation sites (N-methyl/N-ethyl adjacent to an activating group) is 2. The van der Waals surface area contributed by atoms with E-state index in [1.807, 2.05) is 0 Å². The van der Waals surface area contributed by atoms with Gasteiger partial charge in [0.2, 0.25) is 0 Å². The minimum absolute atomic E-state index is 0.626. The molecule has 2 unspecified atom stereocenters. The highest BCUT2D eigenvalue weighted by Gasteiger charge is 2.29. The van der Waals surface area contributed by atoms with E-state index in [9.17, 15) is 0 Å². The van der Waals surface area contributed by atoms with Crippen LogP contribution >= 0.6 is 0 Å². The Morgan fingerprint density at radius 1 is 1.29 bits per heavy atom. The number of nitrogens with one attached hydrogen (secondary N) is 1. The Bertz CT molecular complexity index is 212. The van der Waals surface area contributed by atoms with Gasteiger partial charge in [-0.1, -0.05) is 13.8 Å². The van der Waals surface area contributed by atoms with E-state index in [1.165, 1.54) is 38.9 Å². The fourth-order valence-corrected chi connectivity index (χ4v) is 2.79. The van der Waals surface area contributed by atoms with Crippen LogP contribution in [0.4, 0.5) is 0 Å². The summed E-state index contributed by atoms with van der Waals surface area (Å²) in [6, 6.07) is 0.626. The summed E-state index contributed by atoms with van der Waals surface area (Å²) >= 11 is 0. The molecule has 100 valence electrons. The third-order valence-electron chi connectivity index (χ3n) is 4.12. The van der Waals surface area contributed by atoms with E-state index in [-0.39, 0.29) is 0 Å². The van der Waals surface area contributed by atoms with Gasteiger partial charge >= 0.3 is 0 Å². The van der Waals surface area contributed by atoms with Gasteiger partial charge in [-0.2, -0.15) is 0 Å². The predicted molar refractivity (Wildman–Crippen MR) is 71.2 cm³/mol. The van der Waals surface area contributed by atoms with E-state index in [0.29, 0.717) is 6.04 Å². The Labute approximate surface area is 106 Å². The van der Waals surface area contributed by atoms with Crippen molar-refractivity contribution in [1.82, 2.24) is 10.2 Å². The van der Waals surface area contributed by atoms with Gasteiger partial charge in [0.1, 0.15) is 0 Å². The SMILES string of the molecule is CCNC(CN(CC)CC1CC1)C1CCOC1. The Balaban J connectivity index is 1.80. The second-order valence-corrected chi connectivity index (χ2v) is 5.58. The summed E-state index contributed by atoms with van der Waals surface area (Å²) in [6.45, 7) is 11.2. The van der Waals surface area contributed by atoms with E-state index in [4.69, 9.17) is 4.74 Å². The Morgan fingerprint density at radius 3 is 2.65 bits per heavy atom. The minimum atomic E-state index is 0.626. The molecule has 1 heterocycles. The van der Waals surface area contributed by atoms with Crippen LogP contribution in [-0.2, 0) is 4.74 Å². The summed E-state index contributed by atoms with van der Waals surface area (Å²) < 4.78 is 5.53. The van der Waals surface area contributed by atoms with Gasteiger partial charge in [-0.15, -0.1) is 0 Å². The largest absolute Gasteiger partial charge is 0.381 e. The standard InChI is InChI=1S/C14H28N2O/c1-3-15-14(13-7-8-17-11-13)10-16(4-2)9-12-5-6-12/h12-15H,3-11H2,1-2H3. The van der Waals surface area contributed by atoms with Crippen LogP contribution in [0.15, 0.2) is 0 Å². The molecule has 17 heavy (non-hydrogen) atoms. The van der Waals surface area contributed by atoms with Crippen molar-refractivity contribution in [2.45, 2.75) is 39.2 Å². The van der Waals surface area contributed by atoms with Gasteiger partial charge in [-0.25, -0.2) is 0 Å². The molecule has 0 bridgehead atoms. The van der Waals surface area contributed by atoms with Gasteiger partial charge in [0.05, 0.1) is 6.61 Å². The van der Waals surface area contributed by atoms with Crippen molar-refractivity contribution in [3.8, 4) is 0 Å². The zero-order valence-corrected chi connectivity index (χ0v) is 11.5. The van der Waals surface area contributed by atoms with Crippen LogP contribution in [0.5, 0.6) is 0 Å². The normalized spacial score (nSPS) is 26.6. The first-order valence-electron chi connectivity index (χ1n) is 7.37. The molecule has 2 aliphatic rings. The molecule has 2 atom stereocenters. The summed E-state index contributed by atoms with van der Waals surface area (Å²) in [7, 11) is 0. The maximum Gasteiger partial charge on any atom is 0.0510 e. The lowest BCUT2D eigenvalue weighted by molar-refractivity contribution is 0.161. The highest BCUT2D eigenvalue weighted by molar-refractivity contribution is 4.84. The molecule has 3 heteroatoms. The Kier molecular flexibility index (Phi) is 5.26. The molecular formula is C14H28N2O. The van der Waals surface area contributed by atoms with E-state index in [0.717, 1.165) is 31.6 Å². The highest BCUT2D eigenvalue weighted by Crippen LogP contribution is 2.30. The van der Waals surface area contributed by atoms with Crippen molar-refractivity contribution < 1.29 is 4.74 Å². The third kappa shape index (κ3) is 4.23. The number of rotatable bonds is 8. The van der Waals surface area contributed by atoms with Crippen molar-refractivity contribution in [1.29, 1.82) is 0 Å². The summed E-state index contributed by atoms with van der Waals surface area (Å²) in [5.74, 6) is 1.72. The summed E-state index contributed by atoms with van der Waals surface area (Å²) in [5, 5.41) is 3.66. The molecule has 0 radical (unpaired) electrons. The highest BCUT2D eigenvalue weighted by atomic mass is 16.5. The van der Waals surface area contributed by atoms with Crippen LogP contribution < -0.4 is 5.32 Å². The molecular weight excluding hydrogens is 212 g/mol. The Morgan fingerprint density at radius 2 is 2.12 bits per heavy atom. The second kappa shape index (κ2) is 6.72. The van der Waals surface area contributed by atoms with Crippen LogP contribution in [0.1, 0.15) is 33.1 Å². The molecule has 2 fully saturated rings. The lowest BCUT2D eigenvalue weighted by Gasteiger charge is -2.30. The average Bonchev–Trinajstić information content (AvgIpc) is 2.98. The van der Waals surface area contributed by atoms with E-state index < -0.39 is 0 Å². The first kappa shape index (κ1) is 13.3. The minimum Gasteiger partial charge on any atom is -0.381 e. The fraction of sp³-hybridized carbons (Fsp3) is 1.00. The fourth-order valence-electron chi connectivity index (χ4n) is 2.79. The molecule has 1 saturated heterocycles. The summed E-state index contributed by atoms with van der Waals surface area (Å²) in [5.41, 5.74) is 0. The average molecular weight is 240 g/mol. The molecule has 1 saturated carbocycles. The molecule has 2 rings (SSSR count). The van der Waals surface area contributed by atoms with E-state index >= 15 is 0 Å². The van der Waals surface area contributed by atoms with E-state index in [1.54, 1.807) is 0 Å². The second-order valence-electron chi connectivity index (χ2n) is 5.58. The van der Waals surface area contributed by atoms with Gasteiger partial charge in [0, 0.05) is 31.7 Å². The molecule has 0 spiro atoms. The molecule has 0 aromatic heterocycles. The molecule has 1 aliphatic heterocycles. The maximum absolute atomic E-state index is 5.53. The van der Waals surface area contributed by atoms with Gasteiger partial charge in [-0.05, 0) is 38.3 Å². The van der Waals surface area contributed by atoms with Crippen LogP contribution in [0.25, 0.3) is 0 Å². The number of hydrogen-bond donors (Lipinski definition) is 1. The molecule has 0 aromatic carbocycles. The maximum atomic E-state index is 5.53. The lowest BCUT2D eigenvalue weighted by atomic mass is 9.98. The van der Waals surface area contributed by atoms with Crippen LogP contribution in [0.2, 0.25) is 0 Å². The Hall–Kier alpha value is -0.120. The zero-order valence-electron chi connectivity index (χ0n) is 11.5. The van der Waals surface area contributed by atoms with Crippen molar-refractivity contribution >= 4 is 0 Å². The number of nitrogens with zero attached hydrogens (tertiary/aromatic N) is 1. The third-order valence-corrected chi connectivity index (χ3v) is 4.12. The van der Waals surface area contributed by atoms with Gasteiger partial charge in [0.15, 0.2) is 0 Å². The van der Waals surface area contributed by atoms with E-state index in [2.05, 4.69) is 24.1 Å². The van der Waals surface area contributed by atoms with Crippen molar-refractivity contribution in [3.63, 3.8) is 0 Å².